The van der Waals surface area contributed by atoms with Gasteiger partial charge in [0.05, 0.1) is 17.5 Å². The largest absolute Gasteiger partial charge is 0.507 e. The molecule has 3 atom stereocenters. The van der Waals surface area contributed by atoms with Crippen molar-refractivity contribution >= 4 is 5.82 Å². The summed E-state index contributed by atoms with van der Waals surface area (Å²) in [7, 11) is 0. The number of H-pyrrole nitrogens is 1. The van der Waals surface area contributed by atoms with E-state index in [1.807, 2.05) is 4.90 Å². The Labute approximate surface area is 191 Å². The van der Waals surface area contributed by atoms with Crippen LogP contribution < -0.4 is 10.2 Å². The Morgan fingerprint density at radius 3 is 2.45 bits per heavy atom. The number of fused-ring (bicyclic) bond motifs is 2. The Hall–Kier alpha value is -3.07. The summed E-state index contributed by atoms with van der Waals surface area (Å²) in [4.78, 5) is 1.98. The summed E-state index contributed by atoms with van der Waals surface area (Å²) in [6.45, 7) is 4.19. The van der Waals surface area contributed by atoms with E-state index in [1.165, 1.54) is 12.1 Å². The Bertz CT molecular complexity index is 1100. The van der Waals surface area contributed by atoms with Crippen LogP contribution in [0.3, 0.4) is 0 Å². The van der Waals surface area contributed by atoms with Crippen molar-refractivity contribution in [2.24, 2.45) is 0 Å². The highest BCUT2D eigenvalue weighted by Crippen LogP contribution is 2.44. The molecule has 0 aliphatic carbocycles. The number of halogens is 2. The first-order chi connectivity index (χ1) is 15.8. The predicted molar refractivity (Wildman–Crippen MR) is 122 cm³/mol. The SMILES string of the molecule is C[C@]12CC[C@](C)(C[C@@H](N(CCF)c3ccc(-c4c(O)cc(-c5cn[nH]c5)cc4F)nn3)C1)N2. The van der Waals surface area contributed by atoms with E-state index in [0.717, 1.165) is 25.7 Å². The minimum absolute atomic E-state index is 0.0155. The lowest BCUT2D eigenvalue weighted by Gasteiger charge is -2.46. The molecule has 0 radical (unpaired) electrons. The topological polar surface area (TPSA) is 90.0 Å². The van der Waals surface area contributed by atoms with Gasteiger partial charge in [0.25, 0.3) is 0 Å². The highest BCUT2D eigenvalue weighted by Gasteiger charge is 2.50. The quantitative estimate of drug-likeness (QED) is 0.517. The highest BCUT2D eigenvalue weighted by molar-refractivity contribution is 5.74. The lowest BCUT2D eigenvalue weighted by molar-refractivity contribution is 0.203. The fourth-order valence-corrected chi connectivity index (χ4v) is 5.65. The van der Waals surface area contributed by atoms with Crippen LogP contribution in [0.5, 0.6) is 5.75 Å². The minimum atomic E-state index is -0.607. The van der Waals surface area contributed by atoms with Crippen LogP contribution in [0.15, 0.2) is 36.7 Å². The van der Waals surface area contributed by atoms with E-state index in [0.29, 0.717) is 16.9 Å². The molecule has 0 amide bonds. The molecule has 7 nitrogen and oxygen atoms in total. The number of piperidine rings is 1. The molecule has 2 aliphatic heterocycles. The van der Waals surface area contributed by atoms with Gasteiger partial charge in [0.2, 0.25) is 0 Å². The number of nitrogens with one attached hydrogen (secondary N) is 2. The lowest BCUT2D eigenvalue weighted by atomic mass is 9.84. The zero-order valence-electron chi connectivity index (χ0n) is 18.8. The van der Waals surface area contributed by atoms with Crippen LogP contribution in [0.2, 0.25) is 0 Å². The molecule has 5 rings (SSSR count). The minimum Gasteiger partial charge on any atom is -0.507 e. The molecular formula is C24H28F2N6O. The lowest BCUT2D eigenvalue weighted by Crippen LogP contribution is -2.59. The van der Waals surface area contributed by atoms with E-state index >= 15 is 0 Å². The number of phenolic OH excluding ortho intramolecular Hbond substituents is 1. The van der Waals surface area contributed by atoms with Crippen molar-refractivity contribution in [2.75, 3.05) is 18.1 Å². The first-order valence-corrected chi connectivity index (χ1v) is 11.3. The fourth-order valence-electron chi connectivity index (χ4n) is 5.65. The number of aromatic amines is 1. The standard InChI is InChI=1S/C24H28F2N6O/c1-23-5-6-24(2,31-23)12-17(11-23)32(8-7-25)21-4-3-19(29-30-21)22-18(26)9-15(10-20(22)33)16-13-27-28-14-16/h3-4,9-10,13-14,17,31,33H,5-8,11-12H2,1-2H3,(H,27,28)/t17-,23-,24+. The third-order valence-corrected chi connectivity index (χ3v) is 7.07. The molecule has 3 aromatic rings. The first-order valence-electron chi connectivity index (χ1n) is 11.3. The summed E-state index contributed by atoms with van der Waals surface area (Å²) in [5.41, 5.74) is 1.44. The normalized spacial score (nSPS) is 26.5. The molecule has 4 heterocycles. The molecule has 9 heteroatoms. The number of aromatic hydroxyl groups is 1. The van der Waals surface area contributed by atoms with Crippen LogP contribution in [0.4, 0.5) is 14.6 Å². The van der Waals surface area contributed by atoms with Gasteiger partial charge in [-0.3, -0.25) is 5.10 Å². The Morgan fingerprint density at radius 1 is 1.12 bits per heavy atom. The number of nitrogens with zero attached hydrogens (tertiary/aromatic N) is 4. The van der Waals surface area contributed by atoms with Crippen LogP contribution in [-0.2, 0) is 0 Å². The predicted octanol–water partition coefficient (Wildman–Crippen LogP) is 4.22. The molecule has 1 aromatic carbocycles. The molecule has 2 aromatic heterocycles. The van der Waals surface area contributed by atoms with Crippen LogP contribution >= 0.6 is 0 Å². The molecular weight excluding hydrogens is 426 g/mol. The molecule has 2 bridgehead atoms. The smallest absolute Gasteiger partial charge is 0.151 e. The third-order valence-electron chi connectivity index (χ3n) is 7.07. The second-order valence-electron chi connectivity index (χ2n) is 9.81. The van der Waals surface area contributed by atoms with Gasteiger partial charge in [0.15, 0.2) is 5.82 Å². The van der Waals surface area contributed by atoms with Crippen molar-refractivity contribution in [2.45, 2.75) is 56.7 Å². The van der Waals surface area contributed by atoms with Gasteiger partial charge in [-0.15, -0.1) is 10.2 Å². The van der Waals surface area contributed by atoms with Crippen LogP contribution in [0.1, 0.15) is 39.5 Å². The van der Waals surface area contributed by atoms with Gasteiger partial charge in [0, 0.05) is 35.4 Å². The van der Waals surface area contributed by atoms with Gasteiger partial charge in [-0.25, -0.2) is 8.78 Å². The van der Waals surface area contributed by atoms with Crippen molar-refractivity contribution in [3.63, 3.8) is 0 Å². The molecule has 2 aliphatic rings. The summed E-state index contributed by atoms with van der Waals surface area (Å²) in [5, 5.41) is 29.3. The molecule has 0 unspecified atom stereocenters. The number of hydrogen-bond donors (Lipinski definition) is 3. The van der Waals surface area contributed by atoms with E-state index < -0.39 is 12.5 Å². The van der Waals surface area contributed by atoms with E-state index in [2.05, 4.69) is 39.6 Å². The molecule has 2 saturated heterocycles. The van der Waals surface area contributed by atoms with Gasteiger partial charge < -0.3 is 15.3 Å². The second-order valence-corrected chi connectivity index (χ2v) is 9.81. The monoisotopic (exact) mass is 454 g/mol. The maximum Gasteiger partial charge on any atom is 0.151 e. The average Bonchev–Trinajstić information content (AvgIpc) is 3.38. The van der Waals surface area contributed by atoms with Gasteiger partial charge >= 0.3 is 0 Å². The van der Waals surface area contributed by atoms with Crippen molar-refractivity contribution in [1.29, 1.82) is 0 Å². The maximum atomic E-state index is 14.9. The zero-order chi connectivity index (χ0) is 23.2. The molecule has 2 fully saturated rings. The number of rotatable bonds is 6. The van der Waals surface area contributed by atoms with Crippen molar-refractivity contribution in [3.8, 4) is 28.1 Å². The van der Waals surface area contributed by atoms with E-state index in [1.54, 1.807) is 24.5 Å². The number of aromatic nitrogens is 4. The van der Waals surface area contributed by atoms with Gasteiger partial charge in [-0.2, -0.15) is 5.10 Å². The zero-order valence-corrected chi connectivity index (χ0v) is 18.8. The average molecular weight is 455 g/mol. The van der Waals surface area contributed by atoms with Gasteiger partial charge in [-0.1, -0.05) is 0 Å². The Kier molecular flexibility index (Phi) is 5.31. The summed E-state index contributed by atoms with van der Waals surface area (Å²) >= 11 is 0. The summed E-state index contributed by atoms with van der Waals surface area (Å²) < 4.78 is 28.4. The fraction of sp³-hybridized carbons (Fsp3) is 0.458. The van der Waals surface area contributed by atoms with Crippen LogP contribution in [0, 0.1) is 5.82 Å². The second kappa shape index (κ2) is 8.06. The summed E-state index contributed by atoms with van der Waals surface area (Å²) in [6, 6.07) is 6.30. The number of hydrogen-bond acceptors (Lipinski definition) is 6. The summed E-state index contributed by atoms with van der Waals surface area (Å²) in [6.07, 6.45) is 7.17. The Morgan fingerprint density at radius 2 is 1.88 bits per heavy atom. The molecule has 3 N–H and O–H groups in total. The first kappa shape index (κ1) is 21.8. The molecule has 0 saturated carbocycles. The van der Waals surface area contributed by atoms with Gasteiger partial charge in [0.1, 0.15) is 18.2 Å². The third kappa shape index (κ3) is 4.06. The van der Waals surface area contributed by atoms with Crippen LogP contribution in [0.25, 0.3) is 22.4 Å². The van der Waals surface area contributed by atoms with E-state index in [9.17, 15) is 13.9 Å². The van der Waals surface area contributed by atoms with Gasteiger partial charge in [-0.05, 0) is 69.4 Å². The maximum absolute atomic E-state index is 14.9. The van der Waals surface area contributed by atoms with Crippen LogP contribution in [-0.4, -0.2) is 55.8 Å². The van der Waals surface area contributed by atoms with E-state index in [-0.39, 0.29) is 40.7 Å². The number of benzene rings is 1. The number of phenols is 1. The highest BCUT2D eigenvalue weighted by atomic mass is 19.1. The number of alkyl halides is 1. The van der Waals surface area contributed by atoms with Crippen molar-refractivity contribution < 1.29 is 13.9 Å². The Balaban J connectivity index is 1.43. The van der Waals surface area contributed by atoms with Crippen molar-refractivity contribution in [1.82, 2.24) is 25.7 Å². The van der Waals surface area contributed by atoms with E-state index in [4.69, 9.17) is 0 Å². The number of anilines is 1. The molecule has 174 valence electrons. The molecule has 33 heavy (non-hydrogen) atoms. The molecule has 0 spiro atoms. The summed E-state index contributed by atoms with van der Waals surface area (Å²) in [5.74, 6) is -0.279. The van der Waals surface area contributed by atoms with Crippen molar-refractivity contribution in [3.05, 3.63) is 42.5 Å².